The second kappa shape index (κ2) is 6.61. The Labute approximate surface area is 131 Å². The van der Waals surface area contributed by atoms with Crippen molar-refractivity contribution in [2.75, 3.05) is 5.32 Å². The van der Waals surface area contributed by atoms with Crippen LogP contribution in [0.1, 0.15) is 15.9 Å². The SMILES string of the molecule is NC(=O)c1cccc(NC(=O)Cc2ccc(Cl)c(Cl)c2)c1. The van der Waals surface area contributed by atoms with E-state index in [-0.39, 0.29) is 12.3 Å². The van der Waals surface area contributed by atoms with Crippen molar-refractivity contribution >= 4 is 40.7 Å². The van der Waals surface area contributed by atoms with Gasteiger partial charge in [-0.3, -0.25) is 9.59 Å². The van der Waals surface area contributed by atoms with Crippen LogP contribution in [-0.2, 0) is 11.2 Å². The van der Waals surface area contributed by atoms with E-state index >= 15 is 0 Å². The van der Waals surface area contributed by atoms with Crippen molar-refractivity contribution in [1.29, 1.82) is 0 Å². The Bertz CT molecular complexity index is 702. The Morgan fingerprint density at radius 1 is 1.05 bits per heavy atom. The van der Waals surface area contributed by atoms with Gasteiger partial charge in [-0.2, -0.15) is 0 Å². The maximum Gasteiger partial charge on any atom is 0.248 e. The summed E-state index contributed by atoms with van der Waals surface area (Å²) in [6.45, 7) is 0. The molecule has 0 bridgehead atoms. The molecule has 2 rings (SSSR count). The number of carbonyl (C=O) groups excluding carboxylic acids is 2. The Kier molecular flexibility index (Phi) is 4.83. The van der Waals surface area contributed by atoms with Crippen molar-refractivity contribution in [2.24, 2.45) is 5.73 Å². The lowest BCUT2D eigenvalue weighted by atomic mass is 10.1. The molecule has 0 aliphatic heterocycles. The third-order valence-electron chi connectivity index (χ3n) is 2.78. The average molecular weight is 323 g/mol. The quantitative estimate of drug-likeness (QED) is 0.906. The number of nitrogens with one attached hydrogen (secondary N) is 1. The first kappa shape index (κ1) is 15.4. The van der Waals surface area contributed by atoms with Gasteiger partial charge in [-0.25, -0.2) is 0 Å². The van der Waals surface area contributed by atoms with Crippen molar-refractivity contribution < 1.29 is 9.59 Å². The number of carbonyl (C=O) groups is 2. The van der Waals surface area contributed by atoms with Crippen LogP contribution in [0.3, 0.4) is 0 Å². The van der Waals surface area contributed by atoms with E-state index in [1.54, 1.807) is 36.4 Å². The van der Waals surface area contributed by atoms with Gasteiger partial charge in [0.2, 0.25) is 11.8 Å². The van der Waals surface area contributed by atoms with Crippen LogP contribution in [0, 0.1) is 0 Å². The van der Waals surface area contributed by atoms with E-state index in [1.165, 1.54) is 6.07 Å². The van der Waals surface area contributed by atoms with Gasteiger partial charge in [-0.1, -0.05) is 35.3 Å². The summed E-state index contributed by atoms with van der Waals surface area (Å²) < 4.78 is 0. The first-order valence-corrected chi connectivity index (χ1v) is 6.85. The molecule has 0 aliphatic carbocycles. The molecule has 2 amide bonds. The Morgan fingerprint density at radius 3 is 2.48 bits per heavy atom. The number of amides is 2. The smallest absolute Gasteiger partial charge is 0.248 e. The van der Waals surface area contributed by atoms with Gasteiger partial charge < -0.3 is 11.1 Å². The zero-order valence-electron chi connectivity index (χ0n) is 10.9. The summed E-state index contributed by atoms with van der Waals surface area (Å²) in [6, 6.07) is 11.4. The molecule has 0 heterocycles. The van der Waals surface area contributed by atoms with E-state index in [2.05, 4.69) is 5.32 Å². The number of rotatable bonds is 4. The van der Waals surface area contributed by atoms with Gasteiger partial charge in [0.1, 0.15) is 0 Å². The number of primary amides is 1. The minimum absolute atomic E-state index is 0.150. The van der Waals surface area contributed by atoms with Gasteiger partial charge >= 0.3 is 0 Å². The number of halogens is 2. The Hall–Kier alpha value is -2.04. The molecule has 0 unspecified atom stereocenters. The normalized spacial score (nSPS) is 10.2. The molecule has 3 N–H and O–H groups in total. The Balaban J connectivity index is 2.06. The third-order valence-corrected chi connectivity index (χ3v) is 3.52. The van der Waals surface area contributed by atoms with Crippen LogP contribution >= 0.6 is 23.2 Å². The summed E-state index contributed by atoms with van der Waals surface area (Å²) in [5.41, 5.74) is 6.78. The van der Waals surface area contributed by atoms with E-state index in [1.807, 2.05) is 0 Å². The van der Waals surface area contributed by atoms with Gasteiger partial charge in [0.05, 0.1) is 16.5 Å². The van der Waals surface area contributed by atoms with Crippen LogP contribution in [0.5, 0.6) is 0 Å². The summed E-state index contributed by atoms with van der Waals surface area (Å²) in [4.78, 5) is 23.0. The first-order valence-electron chi connectivity index (χ1n) is 6.09. The van der Waals surface area contributed by atoms with Crippen LogP contribution in [0.25, 0.3) is 0 Å². The van der Waals surface area contributed by atoms with E-state index in [9.17, 15) is 9.59 Å². The van der Waals surface area contributed by atoms with Crippen LogP contribution in [0.2, 0.25) is 10.0 Å². The van der Waals surface area contributed by atoms with Crippen molar-refractivity contribution in [3.05, 3.63) is 63.6 Å². The molecule has 0 fully saturated rings. The van der Waals surface area contributed by atoms with Crippen LogP contribution in [0.15, 0.2) is 42.5 Å². The summed E-state index contributed by atoms with van der Waals surface area (Å²) in [5, 5.41) is 3.54. The fraction of sp³-hybridized carbons (Fsp3) is 0.0667. The number of hydrogen-bond donors (Lipinski definition) is 2. The van der Waals surface area contributed by atoms with Gasteiger partial charge in [0.25, 0.3) is 0 Å². The number of hydrogen-bond acceptors (Lipinski definition) is 2. The zero-order chi connectivity index (χ0) is 15.4. The molecule has 0 radical (unpaired) electrons. The summed E-state index contributed by atoms with van der Waals surface area (Å²) in [5.74, 6) is -0.773. The summed E-state index contributed by atoms with van der Waals surface area (Å²) in [6.07, 6.45) is 0.150. The highest BCUT2D eigenvalue weighted by atomic mass is 35.5. The number of anilines is 1. The molecule has 0 aromatic heterocycles. The molecule has 0 saturated carbocycles. The molecule has 0 atom stereocenters. The molecule has 108 valence electrons. The van der Waals surface area contributed by atoms with Gasteiger partial charge in [-0.05, 0) is 35.9 Å². The molecular weight excluding hydrogens is 311 g/mol. The molecule has 6 heteroatoms. The highest BCUT2D eigenvalue weighted by molar-refractivity contribution is 6.42. The Morgan fingerprint density at radius 2 is 1.81 bits per heavy atom. The van der Waals surface area contributed by atoms with Gasteiger partial charge in [0, 0.05) is 11.3 Å². The minimum Gasteiger partial charge on any atom is -0.366 e. The lowest BCUT2D eigenvalue weighted by molar-refractivity contribution is -0.115. The lowest BCUT2D eigenvalue weighted by Gasteiger charge is -2.07. The molecule has 0 saturated heterocycles. The number of benzene rings is 2. The molecule has 2 aromatic rings. The fourth-order valence-electron chi connectivity index (χ4n) is 1.79. The molecule has 21 heavy (non-hydrogen) atoms. The lowest BCUT2D eigenvalue weighted by Crippen LogP contribution is -2.16. The largest absolute Gasteiger partial charge is 0.366 e. The van der Waals surface area contributed by atoms with Crippen molar-refractivity contribution in [3.8, 4) is 0 Å². The third kappa shape index (κ3) is 4.21. The summed E-state index contributed by atoms with van der Waals surface area (Å²) in [7, 11) is 0. The summed E-state index contributed by atoms with van der Waals surface area (Å²) >= 11 is 11.7. The standard InChI is InChI=1S/C15H12Cl2N2O2/c16-12-5-4-9(6-13(12)17)7-14(20)19-11-3-1-2-10(8-11)15(18)21/h1-6,8H,7H2,(H2,18,21)(H,19,20). The van der Waals surface area contributed by atoms with E-state index in [4.69, 9.17) is 28.9 Å². The van der Waals surface area contributed by atoms with E-state index in [0.717, 1.165) is 5.56 Å². The predicted molar refractivity (Wildman–Crippen MR) is 83.8 cm³/mol. The monoisotopic (exact) mass is 322 g/mol. The molecule has 2 aromatic carbocycles. The van der Waals surface area contributed by atoms with Crippen LogP contribution in [0.4, 0.5) is 5.69 Å². The second-order valence-electron chi connectivity index (χ2n) is 4.42. The zero-order valence-corrected chi connectivity index (χ0v) is 12.4. The average Bonchev–Trinajstić information content (AvgIpc) is 2.43. The topological polar surface area (TPSA) is 72.2 Å². The van der Waals surface area contributed by atoms with E-state index in [0.29, 0.717) is 21.3 Å². The fourth-order valence-corrected chi connectivity index (χ4v) is 2.11. The second-order valence-corrected chi connectivity index (χ2v) is 5.23. The number of nitrogens with two attached hydrogens (primary N) is 1. The predicted octanol–water partition coefficient (Wildman–Crippen LogP) is 3.27. The van der Waals surface area contributed by atoms with Gasteiger partial charge in [-0.15, -0.1) is 0 Å². The maximum absolute atomic E-state index is 12.0. The maximum atomic E-state index is 12.0. The molecular formula is C15H12Cl2N2O2. The molecule has 4 nitrogen and oxygen atoms in total. The van der Waals surface area contributed by atoms with Crippen molar-refractivity contribution in [1.82, 2.24) is 0 Å². The first-order chi connectivity index (χ1) is 9.95. The van der Waals surface area contributed by atoms with Crippen LogP contribution in [-0.4, -0.2) is 11.8 Å². The highest BCUT2D eigenvalue weighted by Gasteiger charge is 2.07. The van der Waals surface area contributed by atoms with Gasteiger partial charge in [0.15, 0.2) is 0 Å². The minimum atomic E-state index is -0.546. The van der Waals surface area contributed by atoms with Crippen molar-refractivity contribution in [2.45, 2.75) is 6.42 Å². The van der Waals surface area contributed by atoms with Crippen molar-refractivity contribution in [3.63, 3.8) is 0 Å². The molecule has 0 aliphatic rings. The highest BCUT2D eigenvalue weighted by Crippen LogP contribution is 2.23. The van der Waals surface area contributed by atoms with E-state index < -0.39 is 5.91 Å². The van der Waals surface area contributed by atoms with Crippen LogP contribution < -0.4 is 11.1 Å². The molecule has 0 spiro atoms.